The van der Waals surface area contributed by atoms with Gasteiger partial charge in [0.1, 0.15) is 4.90 Å². The van der Waals surface area contributed by atoms with Gasteiger partial charge in [-0.15, -0.1) is 11.6 Å². The van der Waals surface area contributed by atoms with Gasteiger partial charge >= 0.3 is 0 Å². The van der Waals surface area contributed by atoms with Crippen molar-refractivity contribution in [2.45, 2.75) is 56.9 Å². The van der Waals surface area contributed by atoms with Crippen molar-refractivity contribution in [3.05, 3.63) is 18.0 Å². The first kappa shape index (κ1) is 16.8. The largest absolute Gasteiger partial charge is 0.346 e. The van der Waals surface area contributed by atoms with Crippen molar-refractivity contribution in [2.75, 3.05) is 13.1 Å². The number of alkyl halides is 1. The molecule has 21 heavy (non-hydrogen) atoms. The third kappa shape index (κ3) is 3.46. The van der Waals surface area contributed by atoms with E-state index in [1.165, 1.54) is 0 Å². The summed E-state index contributed by atoms with van der Waals surface area (Å²) in [7, 11) is -3.38. The first-order valence-corrected chi connectivity index (χ1v) is 9.64. The van der Waals surface area contributed by atoms with Crippen LogP contribution in [-0.4, -0.2) is 30.4 Å². The molecule has 1 aliphatic rings. The fraction of sp³-hybridized carbons (Fsp3) is 0.733. The number of hydrogen-bond donors (Lipinski definition) is 0. The Morgan fingerprint density at radius 3 is 2.67 bits per heavy atom. The molecule has 0 spiro atoms. The van der Waals surface area contributed by atoms with Gasteiger partial charge in [0, 0.05) is 31.0 Å². The molecule has 1 aromatic rings. The molecular formula is C15H25ClN2O2S. The van der Waals surface area contributed by atoms with Crippen molar-refractivity contribution in [3.63, 3.8) is 0 Å². The molecule has 1 saturated heterocycles. The summed E-state index contributed by atoms with van der Waals surface area (Å²) in [6.07, 6.45) is 4.91. The second kappa shape index (κ2) is 6.71. The summed E-state index contributed by atoms with van der Waals surface area (Å²) in [5.41, 5.74) is 0.856. The Morgan fingerprint density at radius 2 is 2.14 bits per heavy atom. The maximum absolute atomic E-state index is 12.8. The number of halogens is 1. The number of hydrogen-bond acceptors (Lipinski definition) is 2. The highest BCUT2D eigenvalue weighted by Crippen LogP contribution is 2.29. The summed E-state index contributed by atoms with van der Waals surface area (Å²) in [5, 5.41) is 0. The Hall–Kier alpha value is -0.520. The SMILES string of the molecule is CCCC1CCN(S(=O)(=O)c2cc(CCl)n(C(C)C)c2)C1. The predicted octanol–water partition coefficient (Wildman–Crippen LogP) is 3.62. The summed E-state index contributed by atoms with van der Waals surface area (Å²) >= 11 is 5.93. The Labute approximate surface area is 133 Å². The maximum Gasteiger partial charge on any atom is 0.244 e. The lowest BCUT2D eigenvalue weighted by Crippen LogP contribution is -2.28. The zero-order chi connectivity index (χ0) is 15.6. The summed E-state index contributed by atoms with van der Waals surface area (Å²) < 4.78 is 29.1. The van der Waals surface area contributed by atoms with Crippen LogP contribution in [0, 0.1) is 5.92 Å². The van der Waals surface area contributed by atoms with Crippen LogP contribution in [0.3, 0.4) is 0 Å². The Morgan fingerprint density at radius 1 is 1.43 bits per heavy atom. The van der Waals surface area contributed by atoms with E-state index in [-0.39, 0.29) is 6.04 Å². The zero-order valence-electron chi connectivity index (χ0n) is 13.0. The Balaban J connectivity index is 2.24. The van der Waals surface area contributed by atoms with Gasteiger partial charge in [-0.2, -0.15) is 4.31 Å². The third-order valence-electron chi connectivity index (χ3n) is 4.18. The first-order valence-electron chi connectivity index (χ1n) is 7.67. The van der Waals surface area contributed by atoms with E-state index < -0.39 is 10.0 Å². The van der Waals surface area contributed by atoms with E-state index in [2.05, 4.69) is 6.92 Å². The molecule has 0 amide bonds. The smallest absolute Gasteiger partial charge is 0.244 e. The van der Waals surface area contributed by atoms with E-state index in [1.54, 1.807) is 16.6 Å². The van der Waals surface area contributed by atoms with Gasteiger partial charge in [-0.1, -0.05) is 13.3 Å². The number of sulfonamides is 1. The van der Waals surface area contributed by atoms with Crippen molar-refractivity contribution in [2.24, 2.45) is 5.92 Å². The summed E-state index contributed by atoms with van der Waals surface area (Å²) in [5.74, 6) is 0.830. The van der Waals surface area contributed by atoms with Crippen LogP contribution >= 0.6 is 11.6 Å². The van der Waals surface area contributed by atoms with Crippen molar-refractivity contribution < 1.29 is 8.42 Å². The number of rotatable bonds is 6. The van der Waals surface area contributed by atoms with Gasteiger partial charge in [-0.3, -0.25) is 0 Å². The van der Waals surface area contributed by atoms with Crippen LogP contribution < -0.4 is 0 Å². The minimum atomic E-state index is -3.38. The monoisotopic (exact) mass is 332 g/mol. The second-order valence-electron chi connectivity index (χ2n) is 6.11. The molecule has 1 atom stereocenters. The fourth-order valence-corrected chi connectivity index (χ4v) is 4.83. The minimum absolute atomic E-state index is 0.203. The second-order valence-corrected chi connectivity index (χ2v) is 8.31. The lowest BCUT2D eigenvalue weighted by atomic mass is 10.0. The standard InChI is InChI=1S/C15H25ClN2O2S/c1-4-5-13-6-7-17(10-13)21(19,20)15-8-14(9-16)18(11-15)12(2)3/h8,11-13H,4-7,9-10H2,1-3H3. The van der Waals surface area contributed by atoms with Gasteiger partial charge in [0.05, 0.1) is 5.88 Å². The maximum atomic E-state index is 12.8. The Kier molecular flexibility index (Phi) is 5.38. The average Bonchev–Trinajstić information content (AvgIpc) is 3.05. The van der Waals surface area contributed by atoms with E-state index in [9.17, 15) is 8.42 Å². The third-order valence-corrected chi connectivity index (χ3v) is 6.29. The minimum Gasteiger partial charge on any atom is -0.346 e. The van der Waals surface area contributed by atoms with E-state index in [0.717, 1.165) is 25.0 Å². The van der Waals surface area contributed by atoms with Crippen LogP contribution in [0.1, 0.15) is 51.8 Å². The summed E-state index contributed by atoms with van der Waals surface area (Å²) in [4.78, 5) is 0.379. The van der Waals surface area contributed by atoms with Crippen LogP contribution in [0.5, 0.6) is 0 Å². The molecule has 2 rings (SSSR count). The molecule has 0 saturated carbocycles. The van der Waals surface area contributed by atoms with Gasteiger partial charge in [-0.25, -0.2) is 8.42 Å². The van der Waals surface area contributed by atoms with Crippen LogP contribution in [0.15, 0.2) is 17.2 Å². The molecule has 0 N–H and O–H groups in total. The summed E-state index contributed by atoms with van der Waals surface area (Å²) in [6.45, 7) is 7.49. The predicted molar refractivity (Wildman–Crippen MR) is 86.1 cm³/mol. The van der Waals surface area contributed by atoms with E-state index in [0.29, 0.717) is 29.8 Å². The Bertz CT molecular complexity index is 580. The lowest BCUT2D eigenvalue weighted by molar-refractivity contribution is 0.444. The molecule has 6 heteroatoms. The molecule has 120 valence electrons. The summed E-state index contributed by atoms with van der Waals surface area (Å²) in [6, 6.07) is 1.92. The zero-order valence-corrected chi connectivity index (χ0v) is 14.6. The van der Waals surface area contributed by atoms with Crippen LogP contribution in [0.4, 0.5) is 0 Å². The molecule has 0 bridgehead atoms. The van der Waals surface area contributed by atoms with Gasteiger partial charge in [-0.05, 0) is 38.7 Å². The van der Waals surface area contributed by atoms with Gasteiger partial charge in [0.2, 0.25) is 10.0 Å². The van der Waals surface area contributed by atoms with Crippen LogP contribution in [0.2, 0.25) is 0 Å². The molecule has 4 nitrogen and oxygen atoms in total. The highest BCUT2D eigenvalue weighted by molar-refractivity contribution is 7.89. The van der Waals surface area contributed by atoms with Crippen molar-refractivity contribution in [1.82, 2.24) is 8.87 Å². The van der Waals surface area contributed by atoms with E-state index in [4.69, 9.17) is 11.6 Å². The quantitative estimate of drug-likeness (QED) is 0.747. The molecule has 0 aromatic carbocycles. The topological polar surface area (TPSA) is 42.3 Å². The number of aromatic nitrogens is 1. The van der Waals surface area contributed by atoms with Crippen LogP contribution in [-0.2, 0) is 15.9 Å². The van der Waals surface area contributed by atoms with Crippen LogP contribution in [0.25, 0.3) is 0 Å². The fourth-order valence-electron chi connectivity index (χ4n) is 3.03. The highest BCUT2D eigenvalue weighted by atomic mass is 35.5. The number of nitrogens with zero attached hydrogens (tertiary/aromatic N) is 2. The van der Waals surface area contributed by atoms with Crippen molar-refractivity contribution >= 4 is 21.6 Å². The molecule has 1 aliphatic heterocycles. The molecule has 1 unspecified atom stereocenters. The van der Waals surface area contributed by atoms with E-state index in [1.807, 2.05) is 18.4 Å². The lowest BCUT2D eigenvalue weighted by Gasteiger charge is -2.15. The molecule has 2 heterocycles. The molecule has 0 radical (unpaired) electrons. The van der Waals surface area contributed by atoms with Crippen molar-refractivity contribution in [3.8, 4) is 0 Å². The van der Waals surface area contributed by atoms with Gasteiger partial charge in [0.15, 0.2) is 0 Å². The molecular weight excluding hydrogens is 308 g/mol. The first-order chi connectivity index (χ1) is 9.90. The normalized spacial score (nSPS) is 20.5. The molecule has 1 aromatic heterocycles. The van der Waals surface area contributed by atoms with Gasteiger partial charge < -0.3 is 4.57 Å². The molecule has 1 fully saturated rings. The molecule has 0 aliphatic carbocycles. The van der Waals surface area contributed by atoms with Crippen molar-refractivity contribution in [1.29, 1.82) is 0 Å². The highest BCUT2D eigenvalue weighted by Gasteiger charge is 2.33. The average molecular weight is 333 g/mol. The van der Waals surface area contributed by atoms with E-state index >= 15 is 0 Å². The van der Waals surface area contributed by atoms with Gasteiger partial charge in [0.25, 0.3) is 0 Å².